The number of carbonyl (C=O) groups is 1. The summed E-state index contributed by atoms with van der Waals surface area (Å²) in [5.41, 5.74) is -0.181. The van der Waals surface area contributed by atoms with Gasteiger partial charge in [0.05, 0.1) is 22.7 Å². The minimum atomic E-state index is -0.600. The molecule has 0 saturated heterocycles. The number of nitrogens with zero attached hydrogens (tertiary/aromatic N) is 1. The molecule has 0 N–H and O–H groups in total. The Morgan fingerprint density at radius 2 is 2.13 bits per heavy atom. The predicted molar refractivity (Wildman–Crippen MR) is 54.2 cm³/mol. The van der Waals surface area contributed by atoms with Crippen molar-refractivity contribution in [2.75, 3.05) is 0 Å². The minimum Gasteiger partial charge on any atom is -0.491 e. The average molecular weight is 209 g/mol. The zero-order chi connectivity index (χ0) is 11.4. The van der Waals surface area contributed by atoms with E-state index in [0.29, 0.717) is 12.0 Å². The van der Waals surface area contributed by atoms with E-state index in [4.69, 9.17) is 4.74 Å². The van der Waals surface area contributed by atoms with Crippen molar-refractivity contribution in [1.82, 2.24) is 0 Å². The summed E-state index contributed by atoms with van der Waals surface area (Å²) >= 11 is 0. The van der Waals surface area contributed by atoms with Gasteiger partial charge in [0.1, 0.15) is 5.75 Å². The highest BCUT2D eigenvalue weighted by Crippen LogP contribution is 2.24. The smallest absolute Gasteiger partial charge is 0.283 e. The van der Waals surface area contributed by atoms with E-state index in [1.165, 1.54) is 18.2 Å². The van der Waals surface area contributed by atoms with Gasteiger partial charge in [0.25, 0.3) is 5.69 Å². The molecule has 1 rings (SSSR count). The lowest BCUT2D eigenvalue weighted by Crippen LogP contribution is -2.06. The fourth-order valence-electron chi connectivity index (χ4n) is 1.13. The first-order valence-corrected chi connectivity index (χ1v) is 4.45. The molecule has 15 heavy (non-hydrogen) atoms. The van der Waals surface area contributed by atoms with Crippen LogP contribution < -0.4 is 4.74 Å². The predicted octanol–water partition coefficient (Wildman–Crippen LogP) is 2.19. The molecule has 0 amide bonds. The lowest BCUT2D eigenvalue weighted by Gasteiger charge is -2.09. The monoisotopic (exact) mass is 209 g/mol. The van der Waals surface area contributed by atoms with Crippen molar-refractivity contribution in [2.24, 2.45) is 0 Å². The van der Waals surface area contributed by atoms with Gasteiger partial charge >= 0.3 is 0 Å². The molecule has 0 aliphatic rings. The lowest BCUT2D eigenvalue weighted by molar-refractivity contribution is -0.385. The number of aldehydes is 1. The molecule has 0 fully saturated rings. The molecule has 0 aliphatic carbocycles. The SMILES string of the molecule is CC(C)Oc1ccc(C=O)c([N+](=O)[O-])c1. The van der Waals surface area contributed by atoms with Gasteiger partial charge in [-0.05, 0) is 26.0 Å². The van der Waals surface area contributed by atoms with Crippen LogP contribution in [0.15, 0.2) is 18.2 Å². The molecular weight excluding hydrogens is 198 g/mol. The van der Waals surface area contributed by atoms with Gasteiger partial charge in [-0.1, -0.05) is 0 Å². The number of hydrogen-bond acceptors (Lipinski definition) is 4. The van der Waals surface area contributed by atoms with Crippen LogP contribution in [0.25, 0.3) is 0 Å². The van der Waals surface area contributed by atoms with Gasteiger partial charge in [-0.2, -0.15) is 0 Å². The summed E-state index contributed by atoms with van der Waals surface area (Å²) in [6.07, 6.45) is 0.392. The third-order valence-electron chi connectivity index (χ3n) is 1.70. The van der Waals surface area contributed by atoms with E-state index in [-0.39, 0.29) is 17.4 Å². The third-order valence-corrected chi connectivity index (χ3v) is 1.70. The Hall–Kier alpha value is -1.91. The van der Waals surface area contributed by atoms with Gasteiger partial charge in [-0.3, -0.25) is 14.9 Å². The Morgan fingerprint density at radius 3 is 2.60 bits per heavy atom. The Morgan fingerprint density at radius 1 is 1.47 bits per heavy atom. The maximum absolute atomic E-state index is 10.6. The van der Waals surface area contributed by atoms with E-state index in [0.717, 1.165) is 0 Å². The summed E-state index contributed by atoms with van der Waals surface area (Å²) in [5.74, 6) is 0.391. The van der Waals surface area contributed by atoms with Crippen molar-refractivity contribution in [3.8, 4) is 5.75 Å². The molecule has 0 atom stereocenters. The Labute approximate surface area is 86.8 Å². The van der Waals surface area contributed by atoms with Crippen molar-refractivity contribution >= 4 is 12.0 Å². The molecular formula is C10H11NO4. The molecule has 80 valence electrons. The van der Waals surface area contributed by atoms with Gasteiger partial charge in [-0.15, -0.1) is 0 Å². The minimum absolute atomic E-state index is 0.0520. The van der Waals surface area contributed by atoms with E-state index in [9.17, 15) is 14.9 Å². The van der Waals surface area contributed by atoms with Crippen LogP contribution >= 0.6 is 0 Å². The molecule has 0 bridgehead atoms. The number of nitro benzene ring substituents is 1. The topological polar surface area (TPSA) is 69.4 Å². The fraction of sp³-hybridized carbons (Fsp3) is 0.300. The summed E-state index contributed by atoms with van der Waals surface area (Å²) in [5, 5.41) is 10.6. The van der Waals surface area contributed by atoms with Gasteiger partial charge in [-0.25, -0.2) is 0 Å². The van der Waals surface area contributed by atoms with Crippen LogP contribution in [0.4, 0.5) is 5.69 Å². The Balaban J connectivity index is 3.10. The fourth-order valence-corrected chi connectivity index (χ4v) is 1.13. The Kier molecular flexibility index (Phi) is 3.38. The van der Waals surface area contributed by atoms with E-state index in [1.807, 2.05) is 13.8 Å². The maximum Gasteiger partial charge on any atom is 0.283 e. The molecule has 0 unspecified atom stereocenters. The van der Waals surface area contributed by atoms with Crippen LogP contribution in [0.3, 0.4) is 0 Å². The van der Waals surface area contributed by atoms with Crippen molar-refractivity contribution in [3.63, 3.8) is 0 Å². The number of benzene rings is 1. The first kappa shape index (κ1) is 11.2. The molecule has 5 nitrogen and oxygen atoms in total. The second-order valence-corrected chi connectivity index (χ2v) is 3.26. The third kappa shape index (κ3) is 2.77. The zero-order valence-corrected chi connectivity index (χ0v) is 8.47. The molecule has 0 aliphatic heterocycles. The molecule has 5 heteroatoms. The number of nitro groups is 1. The van der Waals surface area contributed by atoms with Crippen molar-refractivity contribution < 1.29 is 14.5 Å². The van der Waals surface area contributed by atoms with E-state index < -0.39 is 4.92 Å². The van der Waals surface area contributed by atoms with Crippen LogP contribution in [0, 0.1) is 10.1 Å². The Bertz CT molecular complexity index is 387. The summed E-state index contributed by atoms with van der Waals surface area (Å²) in [4.78, 5) is 20.5. The normalized spacial score (nSPS) is 10.1. The van der Waals surface area contributed by atoms with Crippen molar-refractivity contribution in [1.29, 1.82) is 0 Å². The first-order valence-electron chi connectivity index (χ1n) is 4.45. The molecule has 0 heterocycles. The standard InChI is InChI=1S/C10H11NO4/c1-7(2)15-9-4-3-8(6-12)10(5-9)11(13)14/h3-7H,1-2H3. The van der Waals surface area contributed by atoms with Gasteiger partial charge in [0, 0.05) is 0 Å². The van der Waals surface area contributed by atoms with Gasteiger partial charge in [0.2, 0.25) is 0 Å². The van der Waals surface area contributed by atoms with Crippen molar-refractivity contribution in [3.05, 3.63) is 33.9 Å². The molecule has 0 spiro atoms. The van der Waals surface area contributed by atoms with Gasteiger partial charge in [0.15, 0.2) is 6.29 Å². The number of rotatable bonds is 4. The molecule has 1 aromatic rings. The number of carbonyl (C=O) groups excluding carboxylic acids is 1. The van der Waals surface area contributed by atoms with Crippen LogP contribution in [0.1, 0.15) is 24.2 Å². The molecule has 1 aromatic carbocycles. The highest BCUT2D eigenvalue weighted by atomic mass is 16.6. The molecule has 0 radical (unpaired) electrons. The van der Waals surface area contributed by atoms with Crippen LogP contribution in [0.5, 0.6) is 5.75 Å². The quantitative estimate of drug-likeness (QED) is 0.433. The van der Waals surface area contributed by atoms with Crippen LogP contribution in [-0.4, -0.2) is 17.3 Å². The number of ether oxygens (including phenoxy) is 1. The van der Waals surface area contributed by atoms with Crippen molar-refractivity contribution in [2.45, 2.75) is 20.0 Å². The van der Waals surface area contributed by atoms with E-state index in [2.05, 4.69) is 0 Å². The lowest BCUT2D eigenvalue weighted by atomic mass is 10.2. The first-order chi connectivity index (χ1) is 7.04. The average Bonchev–Trinajstić information content (AvgIpc) is 2.16. The second kappa shape index (κ2) is 4.54. The van der Waals surface area contributed by atoms with Crippen LogP contribution in [-0.2, 0) is 0 Å². The maximum atomic E-state index is 10.6. The summed E-state index contributed by atoms with van der Waals surface area (Å²) in [6, 6.07) is 4.17. The molecule has 0 aromatic heterocycles. The van der Waals surface area contributed by atoms with Gasteiger partial charge < -0.3 is 4.74 Å². The van der Waals surface area contributed by atoms with E-state index in [1.54, 1.807) is 0 Å². The van der Waals surface area contributed by atoms with E-state index >= 15 is 0 Å². The molecule has 0 saturated carbocycles. The highest BCUT2D eigenvalue weighted by molar-refractivity contribution is 5.81. The highest BCUT2D eigenvalue weighted by Gasteiger charge is 2.14. The summed E-state index contributed by atoms with van der Waals surface area (Å²) in [6.45, 7) is 3.64. The summed E-state index contributed by atoms with van der Waals surface area (Å²) in [7, 11) is 0. The zero-order valence-electron chi connectivity index (χ0n) is 8.47. The van der Waals surface area contributed by atoms with Crippen LogP contribution in [0.2, 0.25) is 0 Å². The largest absolute Gasteiger partial charge is 0.491 e. The summed E-state index contributed by atoms with van der Waals surface area (Å²) < 4.78 is 5.28. The number of hydrogen-bond donors (Lipinski definition) is 0. The second-order valence-electron chi connectivity index (χ2n) is 3.26.